The maximum Gasteiger partial charge on any atom is 0.0345 e. The van der Waals surface area contributed by atoms with Crippen LogP contribution in [0.5, 0.6) is 0 Å². The zero-order valence-corrected chi connectivity index (χ0v) is 8.54. The Labute approximate surface area is 82.4 Å². The van der Waals surface area contributed by atoms with Crippen LogP contribution in [0, 0.1) is 6.92 Å². The Morgan fingerprint density at radius 2 is 1.83 bits per heavy atom. The van der Waals surface area contributed by atoms with Gasteiger partial charge >= 0.3 is 0 Å². The number of thiophene rings is 1. The topological polar surface area (TPSA) is 35.0 Å². The van der Waals surface area contributed by atoms with Gasteiger partial charge in [-0.3, -0.25) is 0 Å². The lowest BCUT2D eigenvalue weighted by Gasteiger charge is -1.86. The molecule has 66 valence electrons. The summed E-state index contributed by atoms with van der Waals surface area (Å²) in [4.78, 5) is 0. The van der Waals surface area contributed by atoms with Crippen molar-refractivity contribution >= 4 is 33.8 Å². The summed E-state index contributed by atoms with van der Waals surface area (Å²) in [5.74, 6) is 0. The highest BCUT2D eigenvalue weighted by Crippen LogP contribution is 2.24. The molecule has 1 nitrogen and oxygen atoms in total. The van der Waals surface area contributed by atoms with Gasteiger partial charge in [-0.1, -0.05) is 18.2 Å². The van der Waals surface area contributed by atoms with Crippen molar-refractivity contribution in [2.75, 3.05) is 0 Å². The minimum atomic E-state index is 0. The van der Waals surface area contributed by atoms with Crippen LogP contribution in [-0.2, 0) is 0 Å². The first-order valence-electron chi connectivity index (χ1n) is 3.31. The monoisotopic (exact) mass is 201 g/mol. The molecule has 0 saturated heterocycles. The van der Waals surface area contributed by atoms with Crippen molar-refractivity contribution in [2.24, 2.45) is 0 Å². The Morgan fingerprint density at radius 3 is 2.50 bits per heavy atom. The molecule has 0 saturated carbocycles. The summed E-state index contributed by atoms with van der Waals surface area (Å²) in [5.41, 5.74) is 1.39. The van der Waals surface area contributed by atoms with Crippen molar-refractivity contribution in [3.8, 4) is 0 Å². The fourth-order valence-electron chi connectivity index (χ4n) is 1.11. The van der Waals surface area contributed by atoms with Gasteiger partial charge in [0, 0.05) is 4.70 Å². The van der Waals surface area contributed by atoms with E-state index in [1.165, 1.54) is 15.6 Å². The normalized spacial score (nSPS) is 8.75. The molecule has 1 aromatic heterocycles. The standard InChI is InChI=1S/C9H8S.ClH.H3N/c1-7-6-10-9-5-3-2-4-8(7)9;;/h2-6H,1H3;1H;1H3. The molecular formula is C9H12ClNS. The van der Waals surface area contributed by atoms with Gasteiger partial charge in [0.15, 0.2) is 0 Å². The first-order chi connectivity index (χ1) is 4.88. The highest BCUT2D eigenvalue weighted by molar-refractivity contribution is 7.17. The summed E-state index contributed by atoms with van der Waals surface area (Å²) in [6.07, 6.45) is 0. The number of halogens is 1. The van der Waals surface area contributed by atoms with E-state index in [2.05, 4.69) is 36.6 Å². The smallest absolute Gasteiger partial charge is 0.0345 e. The SMILES string of the molecule is Cc1csc2ccccc12.Cl.N. The average Bonchev–Trinajstić information content (AvgIpc) is 2.34. The Kier molecular flexibility index (Phi) is 4.24. The predicted octanol–water partition coefficient (Wildman–Crippen LogP) is 3.79. The highest BCUT2D eigenvalue weighted by atomic mass is 35.5. The molecule has 2 rings (SSSR count). The molecule has 0 aliphatic heterocycles. The molecule has 0 bridgehead atoms. The average molecular weight is 202 g/mol. The van der Waals surface area contributed by atoms with Crippen molar-refractivity contribution in [2.45, 2.75) is 6.92 Å². The zero-order valence-electron chi connectivity index (χ0n) is 6.91. The minimum Gasteiger partial charge on any atom is -0.344 e. The van der Waals surface area contributed by atoms with Crippen LogP contribution in [0.1, 0.15) is 5.56 Å². The van der Waals surface area contributed by atoms with Crippen molar-refractivity contribution in [1.29, 1.82) is 0 Å². The van der Waals surface area contributed by atoms with Crippen LogP contribution < -0.4 is 6.15 Å². The van der Waals surface area contributed by atoms with E-state index < -0.39 is 0 Å². The number of hydrogen-bond acceptors (Lipinski definition) is 2. The van der Waals surface area contributed by atoms with Crippen molar-refractivity contribution in [3.63, 3.8) is 0 Å². The van der Waals surface area contributed by atoms with Crippen molar-refractivity contribution in [1.82, 2.24) is 6.15 Å². The summed E-state index contributed by atoms with van der Waals surface area (Å²) in [6, 6.07) is 8.49. The van der Waals surface area contributed by atoms with E-state index in [4.69, 9.17) is 0 Å². The van der Waals surface area contributed by atoms with E-state index in [9.17, 15) is 0 Å². The third-order valence-electron chi connectivity index (χ3n) is 1.67. The lowest BCUT2D eigenvalue weighted by atomic mass is 10.2. The van der Waals surface area contributed by atoms with Crippen LogP contribution in [0.3, 0.4) is 0 Å². The van der Waals surface area contributed by atoms with E-state index in [0.717, 1.165) is 0 Å². The highest BCUT2D eigenvalue weighted by Gasteiger charge is 1.95. The van der Waals surface area contributed by atoms with Crippen LogP contribution in [-0.4, -0.2) is 0 Å². The first-order valence-corrected chi connectivity index (χ1v) is 4.19. The molecule has 3 N–H and O–H groups in total. The van der Waals surface area contributed by atoms with E-state index in [1.807, 2.05) is 11.3 Å². The fraction of sp³-hybridized carbons (Fsp3) is 0.111. The van der Waals surface area contributed by atoms with Crippen LogP contribution >= 0.6 is 23.7 Å². The second kappa shape index (κ2) is 4.45. The summed E-state index contributed by atoms with van der Waals surface area (Å²) in [5, 5.41) is 3.59. The third kappa shape index (κ3) is 1.78. The summed E-state index contributed by atoms with van der Waals surface area (Å²) < 4.78 is 1.39. The number of rotatable bonds is 0. The maximum atomic E-state index is 2.20. The third-order valence-corrected chi connectivity index (χ3v) is 2.76. The van der Waals surface area contributed by atoms with E-state index in [1.54, 1.807) is 0 Å². The largest absolute Gasteiger partial charge is 0.344 e. The first kappa shape index (κ1) is 11.4. The summed E-state index contributed by atoms with van der Waals surface area (Å²) >= 11 is 1.81. The van der Waals surface area contributed by atoms with Crippen LogP contribution in [0.4, 0.5) is 0 Å². The second-order valence-corrected chi connectivity index (χ2v) is 3.33. The fourth-order valence-corrected chi connectivity index (χ4v) is 2.05. The van der Waals surface area contributed by atoms with Gasteiger partial charge in [-0.15, -0.1) is 23.7 Å². The summed E-state index contributed by atoms with van der Waals surface area (Å²) in [6.45, 7) is 2.15. The molecule has 0 aliphatic rings. The Balaban J connectivity index is 0.000000605. The van der Waals surface area contributed by atoms with Gasteiger partial charge in [-0.2, -0.15) is 0 Å². The van der Waals surface area contributed by atoms with Gasteiger partial charge in [0.05, 0.1) is 0 Å². The number of benzene rings is 1. The van der Waals surface area contributed by atoms with Gasteiger partial charge in [-0.25, -0.2) is 0 Å². The van der Waals surface area contributed by atoms with E-state index in [-0.39, 0.29) is 18.6 Å². The Bertz CT molecular complexity index is 356. The summed E-state index contributed by atoms with van der Waals surface area (Å²) in [7, 11) is 0. The van der Waals surface area contributed by atoms with Crippen LogP contribution in [0.25, 0.3) is 10.1 Å². The molecule has 2 aromatic rings. The van der Waals surface area contributed by atoms with Gasteiger partial charge in [0.2, 0.25) is 0 Å². The van der Waals surface area contributed by atoms with E-state index in [0.29, 0.717) is 0 Å². The molecule has 0 aliphatic carbocycles. The minimum absolute atomic E-state index is 0. The van der Waals surface area contributed by atoms with Gasteiger partial charge in [-0.05, 0) is 29.3 Å². The molecular weight excluding hydrogens is 190 g/mol. The second-order valence-electron chi connectivity index (χ2n) is 2.41. The molecule has 0 fully saturated rings. The molecule has 0 amide bonds. The number of hydrogen-bond donors (Lipinski definition) is 1. The lowest BCUT2D eigenvalue weighted by molar-refractivity contribution is 1.60. The number of fused-ring (bicyclic) bond motifs is 1. The molecule has 3 heteroatoms. The molecule has 12 heavy (non-hydrogen) atoms. The molecule has 1 heterocycles. The van der Waals surface area contributed by atoms with Gasteiger partial charge in [0.1, 0.15) is 0 Å². The number of aryl methyl sites for hydroxylation is 1. The maximum absolute atomic E-state index is 2.20. The molecule has 0 atom stereocenters. The molecule has 0 spiro atoms. The molecule has 0 radical (unpaired) electrons. The van der Waals surface area contributed by atoms with Crippen LogP contribution in [0.2, 0.25) is 0 Å². The van der Waals surface area contributed by atoms with E-state index >= 15 is 0 Å². The zero-order chi connectivity index (χ0) is 6.97. The van der Waals surface area contributed by atoms with Crippen LogP contribution in [0.15, 0.2) is 29.6 Å². The van der Waals surface area contributed by atoms with Gasteiger partial charge in [0.25, 0.3) is 0 Å². The van der Waals surface area contributed by atoms with Gasteiger partial charge < -0.3 is 6.15 Å². The van der Waals surface area contributed by atoms with Crippen molar-refractivity contribution < 1.29 is 0 Å². The Morgan fingerprint density at radius 1 is 1.17 bits per heavy atom. The lowest BCUT2D eigenvalue weighted by Crippen LogP contribution is -1.63. The quantitative estimate of drug-likeness (QED) is 0.692. The Hall–Kier alpha value is -0.570. The molecule has 0 unspecified atom stereocenters. The molecule has 1 aromatic carbocycles. The predicted molar refractivity (Wildman–Crippen MR) is 58.8 cm³/mol. The van der Waals surface area contributed by atoms with Crippen molar-refractivity contribution in [3.05, 3.63) is 35.2 Å².